The zero-order valence-corrected chi connectivity index (χ0v) is 19.8. The molecule has 0 bridgehead atoms. The Morgan fingerprint density at radius 1 is 1.23 bits per heavy atom. The number of fused-ring (bicyclic) bond motifs is 1. The molecule has 0 radical (unpaired) electrons. The molecule has 1 aromatic carbocycles. The molecule has 0 spiro atoms. The van der Waals surface area contributed by atoms with Crippen molar-refractivity contribution in [1.82, 2.24) is 39.6 Å². The van der Waals surface area contributed by atoms with Gasteiger partial charge in [0.15, 0.2) is 17.5 Å². The van der Waals surface area contributed by atoms with Crippen LogP contribution in [0.1, 0.15) is 29.4 Å². The van der Waals surface area contributed by atoms with Crippen molar-refractivity contribution in [1.29, 1.82) is 0 Å². The number of aromatic nitrogens is 7. The molecule has 5 rings (SSSR count). The average Bonchev–Trinajstić information content (AvgIpc) is 3.57. The van der Waals surface area contributed by atoms with Gasteiger partial charge in [-0.05, 0) is 32.4 Å². The molecular weight excluding hydrogens is 453 g/mol. The van der Waals surface area contributed by atoms with Crippen LogP contribution in [-0.2, 0) is 17.8 Å². The Morgan fingerprint density at radius 3 is 2.77 bits per heavy atom. The van der Waals surface area contributed by atoms with E-state index in [9.17, 15) is 9.18 Å². The van der Waals surface area contributed by atoms with E-state index in [1.54, 1.807) is 25.3 Å². The first kappa shape index (κ1) is 23.1. The number of rotatable bonds is 8. The lowest BCUT2D eigenvalue weighted by Gasteiger charge is -2.26. The van der Waals surface area contributed by atoms with E-state index in [1.807, 2.05) is 11.6 Å². The normalized spacial score (nSPS) is 14.7. The van der Waals surface area contributed by atoms with E-state index < -0.39 is 11.7 Å². The minimum absolute atomic E-state index is 0.241. The molecule has 35 heavy (non-hydrogen) atoms. The van der Waals surface area contributed by atoms with E-state index in [0.29, 0.717) is 30.0 Å². The average molecular weight is 482 g/mol. The second kappa shape index (κ2) is 9.55. The van der Waals surface area contributed by atoms with Crippen LogP contribution in [0.3, 0.4) is 0 Å². The molecule has 1 aliphatic rings. The highest BCUT2D eigenvalue weighted by Gasteiger charge is 2.22. The van der Waals surface area contributed by atoms with Crippen molar-refractivity contribution in [2.75, 3.05) is 32.8 Å². The van der Waals surface area contributed by atoms with Crippen LogP contribution in [0, 0.1) is 12.7 Å². The largest absolute Gasteiger partial charge is 0.379 e. The third-order valence-electron chi connectivity index (χ3n) is 6.30. The quantitative estimate of drug-likeness (QED) is 0.393. The van der Waals surface area contributed by atoms with Crippen LogP contribution in [0.15, 0.2) is 18.3 Å². The second-order valence-electron chi connectivity index (χ2n) is 8.57. The number of aryl methyl sites for hydroxylation is 3. The number of halogens is 1. The minimum Gasteiger partial charge on any atom is -0.379 e. The Hall–Kier alpha value is -3.64. The van der Waals surface area contributed by atoms with Crippen LogP contribution in [-0.4, -0.2) is 78.4 Å². The maximum absolute atomic E-state index is 14.7. The third-order valence-corrected chi connectivity index (χ3v) is 6.30. The van der Waals surface area contributed by atoms with Crippen LogP contribution >= 0.6 is 0 Å². The lowest BCUT2D eigenvalue weighted by atomic mass is 10.0. The highest BCUT2D eigenvalue weighted by Crippen LogP contribution is 2.30. The first-order chi connectivity index (χ1) is 17.0. The number of ether oxygens (including phenoxy) is 1. The van der Waals surface area contributed by atoms with Gasteiger partial charge in [0.05, 0.1) is 30.6 Å². The summed E-state index contributed by atoms with van der Waals surface area (Å²) in [6.45, 7) is 8.97. The van der Waals surface area contributed by atoms with Crippen LogP contribution < -0.4 is 5.73 Å². The van der Waals surface area contributed by atoms with Crippen molar-refractivity contribution in [3.05, 3.63) is 35.4 Å². The number of benzene rings is 1. The lowest BCUT2D eigenvalue weighted by Crippen LogP contribution is -2.37. The lowest BCUT2D eigenvalue weighted by molar-refractivity contribution is 0.0368. The van der Waals surface area contributed by atoms with Gasteiger partial charge in [0, 0.05) is 49.2 Å². The summed E-state index contributed by atoms with van der Waals surface area (Å²) < 4.78 is 23.5. The summed E-state index contributed by atoms with van der Waals surface area (Å²) in [5.41, 5.74) is 7.85. The van der Waals surface area contributed by atoms with Crippen LogP contribution in [0.4, 0.5) is 4.39 Å². The molecule has 1 aliphatic heterocycles. The van der Waals surface area contributed by atoms with Gasteiger partial charge in [0.25, 0.3) is 0 Å². The number of hydrogen-bond acceptors (Lipinski definition) is 7. The predicted octanol–water partition coefficient (Wildman–Crippen LogP) is 1.97. The van der Waals surface area contributed by atoms with Crippen LogP contribution in [0.5, 0.6) is 0 Å². The first-order valence-corrected chi connectivity index (χ1v) is 11.7. The molecule has 4 aromatic rings. The Morgan fingerprint density at radius 2 is 2.03 bits per heavy atom. The van der Waals surface area contributed by atoms with Gasteiger partial charge in [-0.2, -0.15) is 15.3 Å². The van der Waals surface area contributed by atoms with Crippen LogP contribution in [0.25, 0.3) is 33.8 Å². The van der Waals surface area contributed by atoms with Crippen LogP contribution in [0.2, 0.25) is 0 Å². The van der Waals surface area contributed by atoms with E-state index in [4.69, 9.17) is 10.5 Å². The molecule has 0 saturated carbocycles. The zero-order valence-electron chi connectivity index (χ0n) is 19.8. The minimum atomic E-state index is -0.560. The van der Waals surface area contributed by atoms with Crippen molar-refractivity contribution in [3.63, 3.8) is 0 Å². The maximum atomic E-state index is 14.7. The fourth-order valence-corrected chi connectivity index (χ4v) is 4.45. The number of morpholine rings is 1. The summed E-state index contributed by atoms with van der Waals surface area (Å²) in [4.78, 5) is 19.0. The summed E-state index contributed by atoms with van der Waals surface area (Å²) in [5, 5.41) is 16.7. The number of carbonyl (C=O) groups is 1. The second-order valence-corrected chi connectivity index (χ2v) is 8.57. The number of nitrogens with two attached hydrogens (primary N) is 1. The molecule has 1 saturated heterocycles. The molecular formula is C23H28FN9O2. The molecule has 0 aliphatic carbocycles. The molecule has 0 unspecified atom stereocenters. The smallest absolute Gasteiger partial charge is 0.248 e. The maximum Gasteiger partial charge on any atom is 0.248 e. The number of nitrogens with zero attached hydrogens (tertiary/aromatic N) is 7. The molecule has 1 amide bonds. The van der Waals surface area contributed by atoms with E-state index in [2.05, 4.69) is 30.3 Å². The molecule has 0 atom stereocenters. The first-order valence-electron chi connectivity index (χ1n) is 11.7. The number of nitrogens with one attached hydrogen (secondary N) is 1. The summed E-state index contributed by atoms with van der Waals surface area (Å²) >= 11 is 0. The number of aromatic amines is 1. The van der Waals surface area contributed by atoms with Gasteiger partial charge in [-0.1, -0.05) is 0 Å². The topological polar surface area (TPSA) is 133 Å². The van der Waals surface area contributed by atoms with Gasteiger partial charge in [0.2, 0.25) is 5.91 Å². The van der Waals surface area contributed by atoms with Crippen molar-refractivity contribution < 1.29 is 13.9 Å². The highest BCUT2D eigenvalue weighted by atomic mass is 19.1. The standard InChI is InChI=1S/C23H28FN9O2/c1-3-32-20(19(24)14(2)30-32)23-27-22(28-29-23)16-11-15(21(25)34)12-18-17(16)13-26-33(18)6-4-5-31-7-9-35-10-8-31/h11-13H,3-10H2,1-2H3,(H2,25,34)(H,27,28,29). The summed E-state index contributed by atoms with van der Waals surface area (Å²) in [6, 6.07) is 3.39. The van der Waals surface area contributed by atoms with E-state index in [-0.39, 0.29) is 17.2 Å². The number of primary amides is 1. The number of hydrogen-bond donors (Lipinski definition) is 2. The molecule has 4 heterocycles. The van der Waals surface area contributed by atoms with Crippen molar-refractivity contribution in [3.8, 4) is 22.9 Å². The Labute approximate surface area is 201 Å². The Bertz CT molecular complexity index is 1370. The fraction of sp³-hybridized carbons (Fsp3) is 0.435. The van der Waals surface area contributed by atoms with Crippen molar-refractivity contribution in [2.24, 2.45) is 5.73 Å². The van der Waals surface area contributed by atoms with Gasteiger partial charge < -0.3 is 10.5 Å². The predicted molar refractivity (Wildman–Crippen MR) is 127 cm³/mol. The SMILES string of the molecule is CCn1nc(C)c(F)c1-c1nc(-c2cc(C(N)=O)cc3c2cnn3CCCN2CCOCC2)n[nH]1. The molecule has 3 N–H and O–H groups in total. The number of carbonyl (C=O) groups excluding carboxylic acids is 1. The van der Waals surface area contributed by atoms with Crippen molar-refractivity contribution >= 4 is 16.8 Å². The van der Waals surface area contributed by atoms with Gasteiger partial charge in [-0.15, -0.1) is 0 Å². The summed E-state index contributed by atoms with van der Waals surface area (Å²) in [5.74, 6) is -0.424. The number of amides is 1. The summed E-state index contributed by atoms with van der Waals surface area (Å²) in [6.07, 6.45) is 2.64. The zero-order chi connectivity index (χ0) is 24.5. The number of H-pyrrole nitrogens is 1. The van der Waals surface area contributed by atoms with Gasteiger partial charge >= 0.3 is 0 Å². The summed E-state index contributed by atoms with van der Waals surface area (Å²) in [7, 11) is 0. The monoisotopic (exact) mass is 481 g/mol. The molecule has 12 heteroatoms. The van der Waals surface area contributed by atoms with E-state index >= 15 is 0 Å². The van der Waals surface area contributed by atoms with E-state index in [0.717, 1.165) is 50.2 Å². The molecule has 3 aromatic heterocycles. The van der Waals surface area contributed by atoms with Gasteiger partial charge in [0.1, 0.15) is 5.69 Å². The molecule has 1 fully saturated rings. The third kappa shape index (κ3) is 4.42. The van der Waals surface area contributed by atoms with Gasteiger partial charge in [-0.25, -0.2) is 9.37 Å². The van der Waals surface area contributed by atoms with E-state index in [1.165, 1.54) is 4.68 Å². The Kier molecular flexibility index (Phi) is 6.31. The highest BCUT2D eigenvalue weighted by molar-refractivity contribution is 6.02. The fourth-order valence-electron chi connectivity index (χ4n) is 4.45. The van der Waals surface area contributed by atoms with Gasteiger partial charge in [-0.3, -0.25) is 24.2 Å². The van der Waals surface area contributed by atoms with Crippen molar-refractivity contribution in [2.45, 2.75) is 33.4 Å². The molecule has 11 nitrogen and oxygen atoms in total. The molecule has 184 valence electrons. The Balaban J connectivity index is 1.48.